The number of rotatable bonds is 9. The molecule has 37 heavy (non-hydrogen) atoms. The molecular formula is C30H27N5O2. The van der Waals surface area contributed by atoms with E-state index < -0.39 is 0 Å². The van der Waals surface area contributed by atoms with Gasteiger partial charge in [0, 0.05) is 34.9 Å². The van der Waals surface area contributed by atoms with Crippen LogP contribution in [-0.4, -0.2) is 23.0 Å². The highest BCUT2D eigenvalue weighted by Gasteiger charge is 2.21. The number of carbonyl (C=O) groups excluding carboxylic acids is 1. The zero-order chi connectivity index (χ0) is 25.5. The molecule has 2 N–H and O–H groups in total. The lowest BCUT2D eigenvalue weighted by atomic mass is 10.1. The minimum Gasteiger partial charge on any atom is -0.494 e. The molecule has 0 radical (unpaired) electrons. The highest BCUT2D eigenvalue weighted by atomic mass is 16.5. The summed E-state index contributed by atoms with van der Waals surface area (Å²) in [7, 11) is 0. The lowest BCUT2D eigenvalue weighted by Crippen LogP contribution is -2.29. The fourth-order valence-electron chi connectivity index (χ4n) is 4.29. The van der Waals surface area contributed by atoms with Crippen molar-refractivity contribution in [2.24, 2.45) is 4.99 Å². The molecule has 1 aliphatic rings. The van der Waals surface area contributed by atoms with Crippen LogP contribution in [0.15, 0.2) is 95.7 Å². The summed E-state index contributed by atoms with van der Waals surface area (Å²) in [5.41, 5.74) is 3.97. The van der Waals surface area contributed by atoms with Crippen molar-refractivity contribution in [3.8, 4) is 11.8 Å². The van der Waals surface area contributed by atoms with Crippen LogP contribution in [0.1, 0.15) is 30.4 Å². The molecule has 0 saturated heterocycles. The molecule has 0 fully saturated rings. The van der Waals surface area contributed by atoms with Gasteiger partial charge in [-0.25, -0.2) is 4.99 Å². The van der Waals surface area contributed by atoms with E-state index in [-0.39, 0.29) is 5.91 Å². The van der Waals surface area contributed by atoms with Gasteiger partial charge in [-0.1, -0.05) is 36.4 Å². The van der Waals surface area contributed by atoms with Crippen molar-refractivity contribution in [2.45, 2.75) is 25.8 Å². The van der Waals surface area contributed by atoms with Crippen molar-refractivity contribution < 1.29 is 9.53 Å². The van der Waals surface area contributed by atoms with E-state index in [9.17, 15) is 4.79 Å². The van der Waals surface area contributed by atoms with Crippen LogP contribution in [0.3, 0.4) is 0 Å². The Hall–Kier alpha value is -4.83. The van der Waals surface area contributed by atoms with E-state index in [4.69, 9.17) is 10.00 Å². The van der Waals surface area contributed by atoms with Gasteiger partial charge in [-0.15, -0.1) is 0 Å². The molecule has 5 rings (SSSR count). The Morgan fingerprint density at radius 3 is 2.57 bits per heavy atom. The second kappa shape index (κ2) is 11.3. The quantitative estimate of drug-likeness (QED) is 0.233. The van der Waals surface area contributed by atoms with Crippen LogP contribution in [0.5, 0.6) is 5.75 Å². The molecule has 0 unspecified atom stereocenters. The number of aromatic nitrogens is 1. The van der Waals surface area contributed by atoms with Crippen LogP contribution in [0.2, 0.25) is 0 Å². The number of benzene rings is 3. The average molecular weight is 490 g/mol. The van der Waals surface area contributed by atoms with Gasteiger partial charge in [-0.3, -0.25) is 10.1 Å². The van der Waals surface area contributed by atoms with Gasteiger partial charge in [-0.05, 0) is 67.8 Å². The molecule has 0 atom stereocenters. The minimum absolute atomic E-state index is 0.225. The van der Waals surface area contributed by atoms with Crippen LogP contribution in [-0.2, 0) is 11.3 Å². The Kier molecular flexibility index (Phi) is 7.28. The molecule has 3 aromatic carbocycles. The fourth-order valence-corrected chi connectivity index (χ4v) is 4.29. The first-order valence-electron chi connectivity index (χ1n) is 12.3. The lowest BCUT2D eigenvalue weighted by Gasteiger charge is -2.07. The standard InChI is InChI=1S/C30H27N5O2/c31-20-22-13-15-25(16-14-22)37-18-8-2-7-17-35-21-23(26-11-5-6-12-28(26)35)19-27-29(36)34-30(33-27)32-24-9-3-1-4-10-24/h1,3-6,9-16,19,21H,2,7-8,17-18H2,(H2,32,33,34,36)/b27-19-. The number of nitriles is 1. The number of carbonyl (C=O) groups is 1. The van der Waals surface area contributed by atoms with E-state index >= 15 is 0 Å². The van der Waals surface area contributed by atoms with E-state index in [1.807, 2.05) is 60.7 Å². The molecular weight excluding hydrogens is 462 g/mol. The van der Waals surface area contributed by atoms with Crippen LogP contribution in [0, 0.1) is 11.3 Å². The Labute approximate surface area is 215 Å². The first-order valence-corrected chi connectivity index (χ1v) is 12.3. The van der Waals surface area contributed by atoms with E-state index in [2.05, 4.69) is 44.6 Å². The van der Waals surface area contributed by atoms with Gasteiger partial charge in [0.1, 0.15) is 11.4 Å². The molecule has 1 aliphatic heterocycles. The summed E-state index contributed by atoms with van der Waals surface area (Å²) in [6.07, 6.45) is 6.92. The summed E-state index contributed by atoms with van der Waals surface area (Å²) in [6.45, 7) is 1.51. The van der Waals surface area contributed by atoms with Crippen molar-refractivity contribution in [1.29, 1.82) is 5.26 Å². The number of fused-ring (bicyclic) bond motifs is 1. The maximum absolute atomic E-state index is 12.6. The predicted molar refractivity (Wildman–Crippen MR) is 146 cm³/mol. The molecule has 1 aromatic heterocycles. The Balaban J connectivity index is 1.20. The second-order valence-electron chi connectivity index (χ2n) is 8.78. The minimum atomic E-state index is -0.225. The number of guanidine groups is 1. The van der Waals surface area contributed by atoms with Crippen molar-refractivity contribution in [2.75, 3.05) is 11.9 Å². The molecule has 0 saturated carbocycles. The van der Waals surface area contributed by atoms with Gasteiger partial charge in [0.15, 0.2) is 0 Å². The maximum atomic E-state index is 12.6. The van der Waals surface area contributed by atoms with Crippen LogP contribution in [0.4, 0.5) is 5.69 Å². The topological polar surface area (TPSA) is 91.4 Å². The maximum Gasteiger partial charge on any atom is 0.276 e. The summed E-state index contributed by atoms with van der Waals surface area (Å²) in [6, 6.07) is 27.1. The largest absolute Gasteiger partial charge is 0.494 e. The van der Waals surface area contributed by atoms with Crippen molar-refractivity contribution >= 4 is 34.5 Å². The summed E-state index contributed by atoms with van der Waals surface area (Å²) < 4.78 is 8.02. The molecule has 7 nitrogen and oxygen atoms in total. The van der Waals surface area contributed by atoms with Gasteiger partial charge in [0.05, 0.1) is 18.2 Å². The molecule has 7 heteroatoms. The monoisotopic (exact) mass is 489 g/mol. The molecule has 1 amide bonds. The summed E-state index contributed by atoms with van der Waals surface area (Å²) in [5.74, 6) is 0.987. The van der Waals surface area contributed by atoms with Gasteiger partial charge >= 0.3 is 0 Å². The summed E-state index contributed by atoms with van der Waals surface area (Å²) in [4.78, 5) is 17.0. The number of ether oxygens (including phenoxy) is 1. The van der Waals surface area contributed by atoms with Gasteiger partial charge in [-0.2, -0.15) is 5.26 Å². The molecule has 4 aromatic rings. The number of anilines is 1. The fraction of sp³-hybridized carbons (Fsp3) is 0.167. The first kappa shape index (κ1) is 23.9. The van der Waals surface area contributed by atoms with Gasteiger partial charge in [0.25, 0.3) is 5.91 Å². The Bertz CT molecular complexity index is 1490. The summed E-state index contributed by atoms with van der Waals surface area (Å²) in [5, 5.41) is 15.9. The van der Waals surface area contributed by atoms with Crippen LogP contribution < -0.4 is 15.4 Å². The number of hydrogen-bond acceptors (Lipinski definition) is 5. The van der Waals surface area contributed by atoms with Gasteiger partial charge < -0.3 is 14.6 Å². The smallest absolute Gasteiger partial charge is 0.276 e. The zero-order valence-corrected chi connectivity index (χ0v) is 20.4. The zero-order valence-electron chi connectivity index (χ0n) is 20.4. The molecule has 0 spiro atoms. The van der Waals surface area contributed by atoms with Crippen molar-refractivity contribution in [3.05, 3.63) is 102 Å². The third-order valence-corrected chi connectivity index (χ3v) is 6.14. The highest BCUT2D eigenvalue weighted by Crippen LogP contribution is 2.25. The number of aryl methyl sites for hydroxylation is 1. The van der Waals surface area contributed by atoms with E-state index in [0.29, 0.717) is 23.8 Å². The second-order valence-corrected chi connectivity index (χ2v) is 8.78. The predicted octanol–water partition coefficient (Wildman–Crippen LogP) is 5.70. The number of hydrogen-bond donors (Lipinski definition) is 2. The highest BCUT2D eigenvalue weighted by molar-refractivity contribution is 6.17. The number of nitrogens with one attached hydrogen (secondary N) is 2. The summed E-state index contributed by atoms with van der Waals surface area (Å²) >= 11 is 0. The number of amides is 1. The first-order chi connectivity index (χ1) is 18.2. The molecule has 184 valence electrons. The van der Waals surface area contributed by atoms with E-state index in [1.165, 1.54) is 0 Å². The van der Waals surface area contributed by atoms with Crippen LogP contribution in [0.25, 0.3) is 17.0 Å². The molecule has 0 bridgehead atoms. The number of aliphatic imine (C=N–C) groups is 1. The normalized spacial score (nSPS) is 13.9. The lowest BCUT2D eigenvalue weighted by molar-refractivity contribution is -0.115. The van der Waals surface area contributed by atoms with Gasteiger partial charge in [0.2, 0.25) is 5.96 Å². The number of unbranched alkanes of at least 4 members (excludes halogenated alkanes) is 2. The number of para-hydroxylation sites is 2. The third kappa shape index (κ3) is 5.88. The average Bonchev–Trinajstić information content (AvgIpc) is 3.46. The van der Waals surface area contributed by atoms with Crippen LogP contribution >= 0.6 is 0 Å². The number of nitrogens with zero attached hydrogens (tertiary/aromatic N) is 3. The van der Waals surface area contributed by atoms with Crippen molar-refractivity contribution in [1.82, 2.24) is 9.88 Å². The van der Waals surface area contributed by atoms with Crippen molar-refractivity contribution in [3.63, 3.8) is 0 Å². The molecule has 2 heterocycles. The SMILES string of the molecule is N#Cc1ccc(OCCCCCn2cc(/C=C3\N=C(Nc4ccccc4)NC3=O)c3ccccc32)cc1. The Morgan fingerprint density at radius 1 is 0.973 bits per heavy atom. The van der Waals surface area contributed by atoms with E-state index in [1.54, 1.807) is 12.1 Å². The Morgan fingerprint density at radius 2 is 1.76 bits per heavy atom. The third-order valence-electron chi connectivity index (χ3n) is 6.14. The van der Waals surface area contributed by atoms with E-state index in [0.717, 1.165) is 53.7 Å². The molecule has 0 aliphatic carbocycles.